The van der Waals surface area contributed by atoms with Crippen LogP contribution in [-0.2, 0) is 19.0 Å². The van der Waals surface area contributed by atoms with Gasteiger partial charge in [-0.2, -0.15) is 15.2 Å². The van der Waals surface area contributed by atoms with Crippen LogP contribution in [0.15, 0.2) is 53.7 Å². The molecular formula is C25H26N8O2. The standard InChI is InChI=1S/C25H26N8O2/c1-15-8-16(6-7-17(15)10-26-23(34)22-30-24(35-31-22)25(2,3)4)21-20-9-18(13-33(20)29-14-27-21)19-11-28-32(5)12-19/h6-9,11-14H,10H2,1-5H3,(H,26,34). The zero-order valence-corrected chi connectivity index (χ0v) is 20.3. The molecule has 0 spiro atoms. The van der Waals surface area contributed by atoms with Gasteiger partial charge in [-0.3, -0.25) is 9.48 Å². The number of benzene rings is 1. The van der Waals surface area contributed by atoms with Gasteiger partial charge in [-0.05, 0) is 30.2 Å². The Morgan fingerprint density at radius 3 is 2.60 bits per heavy atom. The topological polar surface area (TPSA) is 116 Å². The Kier molecular flexibility index (Phi) is 5.43. The number of aryl methyl sites for hydroxylation is 2. The molecule has 10 nitrogen and oxygen atoms in total. The van der Waals surface area contributed by atoms with Crippen LogP contribution in [0.5, 0.6) is 0 Å². The van der Waals surface area contributed by atoms with E-state index in [0.717, 1.165) is 39.0 Å². The van der Waals surface area contributed by atoms with E-state index in [4.69, 9.17) is 4.52 Å². The van der Waals surface area contributed by atoms with E-state index in [0.29, 0.717) is 12.4 Å². The fraction of sp³-hybridized carbons (Fsp3) is 0.280. The van der Waals surface area contributed by atoms with Gasteiger partial charge in [-0.25, -0.2) is 9.50 Å². The van der Waals surface area contributed by atoms with Gasteiger partial charge in [0.2, 0.25) is 5.89 Å². The molecule has 5 aromatic rings. The molecule has 10 heteroatoms. The van der Waals surface area contributed by atoms with Gasteiger partial charge < -0.3 is 9.84 Å². The molecule has 0 aliphatic carbocycles. The highest BCUT2D eigenvalue weighted by Gasteiger charge is 2.24. The van der Waals surface area contributed by atoms with Crippen molar-refractivity contribution in [3.63, 3.8) is 0 Å². The van der Waals surface area contributed by atoms with Crippen LogP contribution in [0.1, 0.15) is 48.4 Å². The summed E-state index contributed by atoms with van der Waals surface area (Å²) in [6.07, 6.45) is 7.31. The molecule has 1 amide bonds. The lowest BCUT2D eigenvalue weighted by Crippen LogP contribution is -2.24. The number of fused-ring (bicyclic) bond motifs is 1. The van der Waals surface area contributed by atoms with Crippen molar-refractivity contribution < 1.29 is 9.32 Å². The lowest BCUT2D eigenvalue weighted by Gasteiger charge is -2.10. The third kappa shape index (κ3) is 4.42. The molecule has 1 N–H and O–H groups in total. The molecule has 4 heterocycles. The predicted octanol–water partition coefficient (Wildman–Crippen LogP) is 3.72. The average molecular weight is 471 g/mol. The summed E-state index contributed by atoms with van der Waals surface area (Å²) in [5, 5.41) is 15.3. The van der Waals surface area contributed by atoms with Crippen LogP contribution < -0.4 is 5.32 Å². The minimum Gasteiger partial charge on any atom is -0.345 e. The number of aromatic nitrogens is 7. The van der Waals surface area contributed by atoms with Crippen LogP contribution in [0.2, 0.25) is 0 Å². The number of carbonyl (C=O) groups excluding carboxylic acids is 1. The molecule has 0 saturated heterocycles. The van der Waals surface area contributed by atoms with Gasteiger partial charge in [0.05, 0.1) is 17.4 Å². The third-order valence-corrected chi connectivity index (χ3v) is 5.77. The quantitative estimate of drug-likeness (QED) is 0.416. The predicted molar refractivity (Wildman–Crippen MR) is 130 cm³/mol. The van der Waals surface area contributed by atoms with Crippen LogP contribution in [0.4, 0.5) is 0 Å². The number of hydrogen-bond acceptors (Lipinski definition) is 7. The van der Waals surface area contributed by atoms with Crippen LogP contribution in [0.3, 0.4) is 0 Å². The lowest BCUT2D eigenvalue weighted by molar-refractivity contribution is 0.0937. The van der Waals surface area contributed by atoms with Crippen LogP contribution in [0.25, 0.3) is 27.9 Å². The van der Waals surface area contributed by atoms with Gasteiger partial charge in [0, 0.05) is 48.1 Å². The first-order chi connectivity index (χ1) is 16.7. The van der Waals surface area contributed by atoms with E-state index in [9.17, 15) is 4.79 Å². The van der Waals surface area contributed by atoms with Gasteiger partial charge in [-0.15, -0.1) is 0 Å². The smallest absolute Gasteiger partial charge is 0.292 e. The van der Waals surface area contributed by atoms with Crippen LogP contribution in [0, 0.1) is 6.92 Å². The Labute approximate surface area is 202 Å². The molecule has 0 bridgehead atoms. The van der Waals surface area contributed by atoms with Crippen molar-refractivity contribution in [2.24, 2.45) is 7.05 Å². The Balaban J connectivity index is 1.36. The third-order valence-electron chi connectivity index (χ3n) is 5.77. The summed E-state index contributed by atoms with van der Waals surface area (Å²) in [6, 6.07) is 8.12. The van der Waals surface area contributed by atoms with Gasteiger partial charge in [0.15, 0.2) is 0 Å². The second kappa shape index (κ2) is 8.46. The molecule has 0 fully saturated rings. The minimum absolute atomic E-state index is 0.0326. The molecule has 178 valence electrons. The molecule has 1 aromatic carbocycles. The van der Waals surface area contributed by atoms with Crippen molar-refractivity contribution >= 4 is 11.4 Å². The number of amides is 1. The summed E-state index contributed by atoms with van der Waals surface area (Å²) < 4.78 is 8.81. The molecule has 0 unspecified atom stereocenters. The van der Waals surface area contributed by atoms with Crippen molar-refractivity contribution in [3.8, 4) is 22.4 Å². The highest BCUT2D eigenvalue weighted by molar-refractivity contribution is 5.90. The fourth-order valence-corrected chi connectivity index (χ4v) is 3.80. The Bertz CT molecular complexity index is 1540. The second-order valence-electron chi connectivity index (χ2n) is 9.57. The normalized spacial score (nSPS) is 11.8. The first-order valence-electron chi connectivity index (χ1n) is 11.2. The maximum absolute atomic E-state index is 12.5. The summed E-state index contributed by atoms with van der Waals surface area (Å²) in [7, 11) is 1.89. The number of nitrogens with zero attached hydrogens (tertiary/aromatic N) is 7. The van der Waals surface area contributed by atoms with Crippen molar-refractivity contribution in [2.45, 2.75) is 39.7 Å². The molecular weight excluding hydrogens is 444 g/mol. The Morgan fingerprint density at radius 2 is 1.91 bits per heavy atom. The number of rotatable bonds is 5. The number of hydrogen-bond donors (Lipinski definition) is 1. The van der Waals surface area contributed by atoms with Crippen LogP contribution >= 0.6 is 0 Å². The van der Waals surface area contributed by atoms with E-state index in [-0.39, 0.29) is 17.1 Å². The van der Waals surface area contributed by atoms with Gasteiger partial charge in [0.1, 0.15) is 6.33 Å². The molecule has 0 aliphatic rings. The number of carbonyl (C=O) groups is 1. The number of nitrogens with one attached hydrogen (secondary N) is 1. The van der Waals surface area contributed by atoms with E-state index in [1.54, 1.807) is 11.0 Å². The van der Waals surface area contributed by atoms with Gasteiger partial charge >= 0.3 is 0 Å². The molecule has 35 heavy (non-hydrogen) atoms. The maximum Gasteiger partial charge on any atom is 0.292 e. The van der Waals surface area contributed by atoms with E-state index in [1.165, 1.54) is 0 Å². The largest absolute Gasteiger partial charge is 0.345 e. The van der Waals surface area contributed by atoms with E-state index in [2.05, 4.69) is 42.8 Å². The first-order valence-corrected chi connectivity index (χ1v) is 11.2. The van der Waals surface area contributed by atoms with Gasteiger partial charge in [0.25, 0.3) is 11.7 Å². The van der Waals surface area contributed by atoms with Crippen molar-refractivity contribution in [1.82, 2.24) is 39.8 Å². The molecule has 5 rings (SSSR count). The Morgan fingerprint density at radius 1 is 1.09 bits per heavy atom. The van der Waals surface area contributed by atoms with E-state index in [1.807, 2.05) is 70.0 Å². The van der Waals surface area contributed by atoms with Gasteiger partial charge in [-0.1, -0.05) is 38.1 Å². The minimum atomic E-state index is -0.374. The molecule has 0 saturated carbocycles. The van der Waals surface area contributed by atoms with E-state index < -0.39 is 0 Å². The average Bonchev–Trinajstić information content (AvgIpc) is 3.56. The summed E-state index contributed by atoms with van der Waals surface area (Å²) in [4.78, 5) is 21.3. The molecule has 4 aromatic heterocycles. The maximum atomic E-state index is 12.5. The summed E-state index contributed by atoms with van der Waals surface area (Å²) in [6.45, 7) is 8.21. The van der Waals surface area contributed by atoms with E-state index >= 15 is 0 Å². The molecule has 0 atom stereocenters. The first kappa shape index (κ1) is 22.5. The SMILES string of the molecule is Cc1cc(-c2ncnn3cc(-c4cnn(C)c4)cc23)ccc1CNC(=O)c1noc(C(C)(C)C)n1. The highest BCUT2D eigenvalue weighted by Crippen LogP contribution is 2.29. The second-order valence-corrected chi connectivity index (χ2v) is 9.57. The summed E-state index contributed by atoms with van der Waals surface area (Å²) in [5.41, 5.74) is 6.43. The molecule has 0 aliphatic heterocycles. The lowest BCUT2D eigenvalue weighted by atomic mass is 9.97. The highest BCUT2D eigenvalue weighted by atomic mass is 16.5. The van der Waals surface area contributed by atoms with Crippen molar-refractivity contribution in [2.75, 3.05) is 0 Å². The zero-order valence-electron chi connectivity index (χ0n) is 20.3. The fourth-order valence-electron chi connectivity index (χ4n) is 3.80. The molecule has 0 radical (unpaired) electrons. The summed E-state index contributed by atoms with van der Waals surface area (Å²) in [5.74, 6) is 0.0861. The van der Waals surface area contributed by atoms with Crippen molar-refractivity contribution in [3.05, 3.63) is 72.0 Å². The zero-order chi connectivity index (χ0) is 24.7. The van der Waals surface area contributed by atoms with Crippen molar-refractivity contribution in [1.29, 1.82) is 0 Å². The summed E-state index contributed by atoms with van der Waals surface area (Å²) >= 11 is 0. The monoisotopic (exact) mass is 470 g/mol. The van der Waals surface area contributed by atoms with Crippen LogP contribution in [-0.4, -0.2) is 40.4 Å². The Hall–Kier alpha value is -4.34.